The van der Waals surface area contributed by atoms with Crippen LogP contribution in [0.3, 0.4) is 0 Å². The van der Waals surface area contributed by atoms with Crippen LogP contribution in [0.25, 0.3) is 11.3 Å². The molecule has 1 fully saturated rings. The number of amides is 1. The first-order chi connectivity index (χ1) is 13.7. The normalized spacial score (nSPS) is 15.4. The molecule has 0 radical (unpaired) electrons. The van der Waals surface area contributed by atoms with Gasteiger partial charge in [-0.25, -0.2) is 17.8 Å². The molecule has 0 atom stereocenters. The van der Waals surface area contributed by atoms with E-state index in [0.29, 0.717) is 30.6 Å². The van der Waals surface area contributed by atoms with Gasteiger partial charge >= 0.3 is 0 Å². The third-order valence-corrected chi connectivity index (χ3v) is 7.19. The zero-order valence-corrected chi connectivity index (χ0v) is 17.9. The first-order valence-corrected chi connectivity index (χ1v) is 11.5. The summed E-state index contributed by atoms with van der Waals surface area (Å²) >= 11 is 5.98. The maximum Gasteiger partial charge on any atom is 0.269 e. The zero-order valence-electron chi connectivity index (χ0n) is 16.3. The Labute approximate surface area is 174 Å². The minimum atomic E-state index is -3.73. The van der Waals surface area contributed by atoms with Crippen molar-refractivity contribution >= 4 is 27.5 Å². The standard InChI is InChI=1S/C19H24ClFN4O3S/c1-3-25-11-17(22-12(25)2)13-9-15(18(21)16(20)10-13)19(26)23-24-29(27,28)14-7-5-4-6-8-14/h9-11,14,24H,3-8H2,1-2H3,(H,23,26). The fourth-order valence-electron chi connectivity index (χ4n) is 3.51. The fourth-order valence-corrected chi connectivity index (χ4v) is 5.09. The topological polar surface area (TPSA) is 93.1 Å². The van der Waals surface area contributed by atoms with Gasteiger partial charge in [0.25, 0.3) is 5.91 Å². The zero-order chi connectivity index (χ0) is 21.2. The van der Waals surface area contributed by atoms with E-state index in [9.17, 15) is 17.6 Å². The largest absolute Gasteiger partial charge is 0.335 e. The molecule has 10 heteroatoms. The summed E-state index contributed by atoms with van der Waals surface area (Å²) in [6.07, 6.45) is 5.53. The van der Waals surface area contributed by atoms with Crippen LogP contribution >= 0.6 is 11.6 Å². The molecule has 1 heterocycles. The summed E-state index contributed by atoms with van der Waals surface area (Å²) in [6.45, 7) is 4.52. The van der Waals surface area contributed by atoms with Crippen LogP contribution in [0, 0.1) is 12.7 Å². The molecule has 1 aliphatic carbocycles. The van der Waals surface area contributed by atoms with Crippen molar-refractivity contribution in [2.45, 2.75) is 57.7 Å². The predicted molar refractivity (Wildman–Crippen MR) is 109 cm³/mol. The molecule has 1 saturated carbocycles. The van der Waals surface area contributed by atoms with Crippen molar-refractivity contribution in [3.8, 4) is 11.3 Å². The summed E-state index contributed by atoms with van der Waals surface area (Å²) in [6, 6.07) is 2.70. The van der Waals surface area contributed by atoms with E-state index in [4.69, 9.17) is 11.6 Å². The van der Waals surface area contributed by atoms with E-state index >= 15 is 0 Å². The lowest BCUT2D eigenvalue weighted by Gasteiger charge is -2.22. The number of sulfonamides is 1. The van der Waals surface area contributed by atoms with Gasteiger partial charge in [-0.05, 0) is 38.8 Å². The number of carbonyl (C=O) groups excluding carboxylic acids is 1. The molecule has 0 saturated heterocycles. The van der Waals surface area contributed by atoms with Gasteiger partial charge in [-0.15, -0.1) is 4.83 Å². The Kier molecular flexibility index (Phi) is 6.60. The average Bonchev–Trinajstić information content (AvgIpc) is 3.09. The van der Waals surface area contributed by atoms with E-state index < -0.39 is 27.0 Å². The number of benzene rings is 1. The summed E-state index contributed by atoms with van der Waals surface area (Å²) in [4.78, 5) is 19.0. The molecule has 0 aliphatic heterocycles. The number of halogens is 2. The molecule has 1 aliphatic rings. The van der Waals surface area contributed by atoms with E-state index in [2.05, 4.69) is 15.2 Å². The van der Waals surface area contributed by atoms with Gasteiger partial charge in [0.1, 0.15) is 5.82 Å². The number of hydrazine groups is 1. The van der Waals surface area contributed by atoms with Crippen LogP contribution in [0.15, 0.2) is 18.3 Å². The molecule has 1 aromatic carbocycles. The minimum Gasteiger partial charge on any atom is -0.335 e. The lowest BCUT2D eigenvalue weighted by molar-refractivity contribution is 0.0941. The smallest absolute Gasteiger partial charge is 0.269 e. The van der Waals surface area contributed by atoms with E-state index in [1.54, 1.807) is 6.20 Å². The van der Waals surface area contributed by atoms with Crippen molar-refractivity contribution in [3.05, 3.63) is 40.6 Å². The Bertz CT molecular complexity index is 1020. The highest BCUT2D eigenvalue weighted by molar-refractivity contribution is 7.90. The summed E-state index contributed by atoms with van der Waals surface area (Å²) in [5.41, 5.74) is 2.76. The van der Waals surface area contributed by atoms with Crippen LogP contribution in [-0.2, 0) is 16.6 Å². The quantitative estimate of drug-likeness (QED) is 0.669. The molecule has 2 aromatic rings. The van der Waals surface area contributed by atoms with E-state index in [-0.39, 0.29) is 10.6 Å². The first-order valence-electron chi connectivity index (χ1n) is 9.57. The predicted octanol–water partition coefficient (Wildman–Crippen LogP) is 3.57. The number of imidazole rings is 1. The molecule has 0 unspecified atom stereocenters. The summed E-state index contributed by atoms with van der Waals surface area (Å²) in [7, 11) is -3.73. The average molecular weight is 443 g/mol. The molecule has 1 aromatic heterocycles. The fraction of sp³-hybridized carbons (Fsp3) is 0.474. The van der Waals surface area contributed by atoms with E-state index in [1.807, 2.05) is 18.4 Å². The Balaban J connectivity index is 1.81. The van der Waals surface area contributed by atoms with Gasteiger partial charge in [-0.3, -0.25) is 10.2 Å². The number of aryl methyl sites for hydroxylation is 2. The van der Waals surface area contributed by atoms with Gasteiger partial charge in [0.2, 0.25) is 10.0 Å². The molecule has 1 amide bonds. The summed E-state index contributed by atoms with van der Waals surface area (Å²) in [5.74, 6) is -1.07. The van der Waals surface area contributed by atoms with Crippen LogP contribution in [0.4, 0.5) is 4.39 Å². The molecule has 0 bridgehead atoms. The number of nitrogens with one attached hydrogen (secondary N) is 2. The highest BCUT2D eigenvalue weighted by Gasteiger charge is 2.28. The van der Waals surface area contributed by atoms with Gasteiger partial charge in [-0.1, -0.05) is 30.9 Å². The molecular formula is C19H24ClFN4O3S. The Morgan fingerprint density at radius 3 is 2.62 bits per heavy atom. The van der Waals surface area contributed by atoms with Crippen molar-refractivity contribution in [3.63, 3.8) is 0 Å². The van der Waals surface area contributed by atoms with Gasteiger partial charge < -0.3 is 4.57 Å². The van der Waals surface area contributed by atoms with Crippen LogP contribution in [0.5, 0.6) is 0 Å². The van der Waals surface area contributed by atoms with E-state index in [0.717, 1.165) is 25.1 Å². The Morgan fingerprint density at radius 2 is 2.00 bits per heavy atom. The van der Waals surface area contributed by atoms with Crippen LogP contribution in [-0.4, -0.2) is 29.1 Å². The first kappa shape index (κ1) is 21.7. The van der Waals surface area contributed by atoms with Crippen LogP contribution in [0.2, 0.25) is 5.02 Å². The van der Waals surface area contributed by atoms with Crippen molar-refractivity contribution in [1.29, 1.82) is 0 Å². The second-order valence-corrected chi connectivity index (χ2v) is 9.51. The van der Waals surface area contributed by atoms with Gasteiger partial charge in [0.05, 0.1) is 21.5 Å². The Hall–Kier alpha value is -1.97. The summed E-state index contributed by atoms with van der Waals surface area (Å²) < 4.78 is 41.1. The van der Waals surface area contributed by atoms with Crippen LogP contribution in [0.1, 0.15) is 55.2 Å². The molecule has 2 N–H and O–H groups in total. The number of nitrogens with zero attached hydrogens (tertiary/aromatic N) is 2. The van der Waals surface area contributed by atoms with Gasteiger partial charge in [0, 0.05) is 18.3 Å². The highest BCUT2D eigenvalue weighted by Crippen LogP contribution is 2.28. The maximum atomic E-state index is 14.5. The number of hydrogen-bond acceptors (Lipinski definition) is 4. The second kappa shape index (κ2) is 8.81. The third kappa shape index (κ3) is 4.79. The molecule has 7 nitrogen and oxygen atoms in total. The second-order valence-electron chi connectivity index (χ2n) is 7.14. The SMILES string of the molecule is CCn1cc(-c2cc(Cl)c(F)c(C(=O)NNS(=O)(=O)C3CCCCC3)c2)nc1C. The third-order valence-electron chi connectivity index (χ3n) is 5.18. The van der Waals surface area contributed by atoms with Gasteiger partial charge in [0.15, 0.2) is 5.82 Å². The number of rotatable bonds is 6. The molecule has 158 valence electrons. The lowest BCUT2D eigenvalue weighted by Crippen LogP contribution is -2.46. The van der Waals surface area contributed by atoms with Crippen LogP contribution < -0.4 is 10.3 Å². The molecule has 0 spiro atoms. The summed E-state index contributed by atoms with van der Waals surface area (Å²) in [5, 5.41) is -0.802. The molecule has 3 rings (SSSR count). The van der Waals surface area contributed by atoms with Crippen molar-refractivity contribution < 1.29 is 17.6 Å². The molecular weight excluding hydrogens is 419 g/mol. The van der Waals surface area contributed by atoms with Crippen molar-refractivity contribution in [2.75, 3.05) is 0 Å². The van der Waals surface area contributed by atoms with E-state index in [1.165, 1.54) is 12.1 Å². The number of aromatic nitrogens is 2. The highest BCUT2D eigenvalue weighted by atomic mass is 35.5. The number of carbonyl (C=O) groups is 1. The molecule has 29 heavy (non-hydrogen) atoms. The van der Waals surface area contributed by atoms with Crippen molar-refractivity contribution in [2.24, 2.45) is 0 Å². The Morgan fingerprint density at radius 1 is 1.31 bits per heavy atom. The maximum absolute atomic E-state index is 14.5. The van der Waals surface area contributed by atoms with Gasteiger partial charge in [-0.2, -0.15) is 0 Å². The lowest BCUT2D eigenvalue weighted by atomic mass is 10.0. The number of hydrogen-bond donors (Lipinski definition) is 2. The van der Waals surface area contributed by atoms with Crippen molar-refractivity contribution in [1.82, 2.24) is 19.8 Å². The monoisotopic (exact) mass is 442 g/mol. The minimum absolute atomic E-state index is 0.244.